The zero-order valence-corrected chi connectivity index (χ0v) is 3.38. The van der Waals surface area contributed by atoms with E-state index in [1.807, 2.05) is 0 Å². The van der Waals surface area contributed by atoms with Crippen molar-refractivity contribution in [3.63, 3.8) is 0 Å². The minimum Gasteiger partial charge on any atom is -1.00 e. The van der Waals surface area contributed by atoms with Gasteiger partial charge in [0, 0.05) is 0 Å². The van der Waals surface area contributed by atoms with Crippen LogP contribution >= 0.6 is 0 Å². The highest BCUT2D eigenvalue weighted by atomic mass is 19.3. The second-order valence-electron chi connectivity index (χ2n) is 0.862. The van der Waals surface area contributed by atoms with Crippen molar-refractivity contribution in [2.45, 2.75) is 12.5 Å². The Morgan fingerprint density at radius 2 is 1.38 bits per heavy atom. The average molecular weight is 136 g/mol. The van der Waals surface area contributed by atoms with Crippen LogP contribution in [0.2, 0.25) is 0 Å². The van der Waals surface area contributed by atoms with Crippen LogP contribution in [0.25, 0.3) is 0 Å². The van der Waals surface area contributed by atoms with E-state index in [-0.39, 0.29) is 4.70 Å². The predicted octanol–water partition coefficient (Wildman–Crippen LogP) is -2.79. The molecule has 0 saturated heterocycles. The van der Waals surface area contributed by atoms with Crippen LogP contribution < -0.4 is 9.81 Å². The Balaban J connectivity index is 0. The highest BCUT2D eigenvalue weighted by molar-refractivity contribution is 4.45. The first-order valence-electron chi connectivity index (χ1n) is 1.31. The normalized spacial score (nSPS) is 11.2. The fraction of sp³-hybridized carbons (Fsp3) is 1.00. The first-order chi connectivity index (χ1) is 2.94. The van der Waals surface area contributed by atoms with Crippen molar-refractivity contribution < 1.29 is 27.4 Å². The van der Waals surface area contributed by atoms with Crippen LogP contribution in [0, 0.1) is 0 Å². The monoisotopic (exact) mass is 136 g/mol. The molecule has 0 saturated carbocycles. The van der Waals surface area contributed by atoms with Crippen molar-refractivity contribution >= 4 is 0 Å². The summed E-state index contributed by atoms with van der Waals surface area (Å²) in [5.74, 6) is 0. The topological polar surface area (TPSA) is 23.1 Å². The Kier molecular flexibility index (Phi) is 3.71. The van der Waals surface area contributed by atoms with Gasteiger partial charge in [-0.25, -0.2) is 17.6 Å². The van der Waals surface area contributed by atoms with Gasteiger partial charge in [0.15, 0.2) is 0 Å². The molecule has 0 rings (SSSR count). The van der Waals surface area contributed by atoms with Crippen LogP contribution in [0.5, 0.6) is 0 Å². The summed E-state index contributed by atoms with van der Waals surface area (Å²) in [6.45, 7) is 0. The van der Waals surface area contributed by atoms with Crippen LogP contribution in [-0.4, -0.2) is 12.5 Å². The summed E-state index contributed by atoms with van der Waals surface area (Å²) >= 11 is 0. The van der Waals surface area contributed by atoms with Gasteiger partial charge >= 0.3 is 0 Å². The number of hydrogen-bond donors (Lipinski definition) is 0. The van der Waals surface area contributed by atoms with Crippen molar-refractivity contribution in [2.24, 2.45) is 0 Å². The summed E-state index contributed by atoms with van der Waals surface area (Å²) in [5, 5.41) is 8.72. The average Bonchev–Trinajstić information content (AvgIpc) is 1.31. The molecule has 0 aromatic heterocycles. The summed E-state index contributed by atoms with van der Waals surface area (Å²) in [6, 6.07) is 0. The van der Waals surface area contributed by atoms with E-state index in [9.17, 15) is 17.6 Å². The maximum atomic E-state index is 10.5. The molecule has 0 aromatic rings. The third kappa shape index (κ3) is 3.79. The lowest BCUT2D eigenvalue weighted by molar-refractivity contribution is -0.593. The first-order valence-corrected chi connectivity index (χ1v) is 1.31. The summed E-state index contributed by atoms with van der Waals surface area (Å²) in [5.41, 5.74) is 0. The molecule has 0 fully saturated rings. The van der Waals surface area contributed by atoms with Crippen LogP contribution in [0.3, 0.4) is 0 Å². The molecular formula is C2HF5O-2. The molecule has 0 aliphatic heterocycles. The summed E-state index contributed by atoms with van der Waals surface area (Å²) in [4.78, 5) is 0. The molecule has 0 aromatic carbocycles. The third-order valence-corrected chi connectivity index (χ3v) is 0.254. The van der Waals surface area contributed by atoms with Crippen molar-refractivity contribution in [2.75, 3.05) is 0 Å². The molecule has 0 heterocycles. The van der Waals surface area contributed by atoms with E-state index >= 15 is 0 Å². The van der Waals surface area contributed by atoms with E-state index in [0.717, 1.165) is 0 Å². The molecule has 0 spiro atoms. The number of alkyl halides is 4. The summed E-state index contributed by atoms with van der Waals surface area (Å²) in [7, 11) is 0. The lowest BCUT2D eigenvalue weighted by Gasteiger charge is -2.18. The minimum absolute atomic E-state index is 0. The standard InChI is InChI=1S/C2HF4O.FH/c3-1(4)2(5,6)7;/h1H;1H/q-1;/p-1. The van der Waals surface area contributed by atoms with Crippen LogP contribution in [0.1, 0.15) is 0 Å². The molecule has 6 heteroatoms. The van der Waals surface area contributed by atoms with Crippen LogP contribution in [-0.2, 0) is 0 Å². The molecule has 0 aliphatic rings. The zero-order valence-electron chi connectivity index (χ0n) is 3.38. The minimum atomic E-state index is -5.08. The van der Waals surface area contributed by atoms with Gasteiger partial charge in [-0.1, -0.05) is 0 Å². The maximum Gasteiger partial charge on any atom is 0.286 e. The molecule has 8 heavy (non-hydrogen) atoms. The van der Waals surface area contributed by atoms with Gasteiger partial charge in [0.05, 0.1) is 0 Å². The second kappa shape index (κ2) is 2.81. The molecular weight excluding hydrogens is 135 g/mol. The van der Waals surface area contributed by atoms with Gasteiger partial charge in [-0.05, 0) is 0 Å². The number of halogens is 5. The van der Waals surface area contributed by atoms with Gasteiger partial charge in [-0.15, -0.1) is 0 Å². The van der Waals surface area contributed by atoms with Gasteiger partial charge in [-0.2, -0.15) is 0 Å². The molecule has 0 N–H and O–H groups in total. The van der Waals surface area contributed by atoms with Gasteiger partial charge in [-0.3, -0.25) is 0 Å². The van der Waals surface area contributed by atoms with Crippen molar-refractivity contribution in [1.82, 2.24) is 0 Å². The smallest absolute Gasteiger partial charge is 0.286 e. The van der Waals surface area contributed by atoms with Crippen LogP contribution in [0.15, 0.2) is 0 Å². The Bertz CT molecular complexity index is 55.9. The predicted molar refractivity (Wildman–Crippen MR) is 11.0 cm³/mol. The molecule has 0 atom stereocenters. The molecule has 0 bridgehead atoms. The van der Waals surface area contributed by atoms with Crippen LogP contribution in [0.4, 0.5) is 17.6 Å². The van der Waals surface area contributed by atoms with Crippen molar-refractivity contribution in [1.29, 1.82) is 0 Å². The molecule has 0 amide bonds. The molecule has 0 radical (unpaired) electrons. The quantitative estimate of drug-likeness (QED) is 0.357. The summed E-state index contributed by atoms with van der Waals surface area (Å²) in [6.07, 6.45) is -9.17. The van der Waals surface area contributed by atoms with E-state index in [1.54, 1.807) is 0 Å². The molecule has 0 unspecified atom stereocenters. The lowest BCUT2D eigenvalue weighted by atomic mass is 10.7. The second-order valence-corrected chi connectivity index (χ2v) is 0.862. The van der Waals surface area contributed by atoms with E-state index in [2.05, 4.69) is 0 Å². The highest BCUT2D eigenvalue weighted by Crippen LogP contribution is 2.13. The van der Waals surface area contributed by atoms with E-state index in [1.165, 1.54) is 0 Å². The number of hydrogen-bond acceptors (Lipinski definition) is 1. The van der Waals surface area contributed by atoms with E-state index in [4.69, 9.17) is 5.11 Å². The van der Waals surface area contributed by atoms with Crippen molar-refractivity contribution in [3.8, 4) is 0 Å². The van der Waals surface area contributed by atoms with Gasteiger partial charge < -0.3 is 9.81 Å². The van der Waals surface area contributed by atoms with Gasteiger partial charge in [0.1, 0.15) is 0 Å². The Morgan fingerprint density at radius 1 is 1.25 bits per heavy atom. The first kappa shape index (κ1) is 10.6. The Morgan fingerprint density at radius 3 is 1.38 bits per heavy atom. The van der Waals surface area contributed by atoms with Gasteiger partial charge in [0.2, 0.25) is 6.11 Å². The summed E-state index contributed by atoms with van der Waals surface area (Å²) < 4.78 is 42.0. The van der Waals surface area contributed by atoms with Gasteiger partial charge in [0.25, 0.3) is 6.43 Å². The SMILES string of the molecule is [F-].[O-]C(F)(F)C(F)F. The zero-order chi connectivity index (χ0) is 6.08. The lowest BCUT2D eigenvalue weighted by Crippen LogP contribution is -3.00. The largest absolute Gasteiger partial charge is 1.00 e. The highest BCUT2D eigenvalue weighted by Gasteiger charge is 2.26. The fourth-order valence-electron chi connectivity index (χ4n) is 0. The molecule has 52 valence electrons. The van der Waals surface area contributed by atoms with Crippen molar-refractivity contribution in [3.05, 3.63) is 0 Å². The molecule has 1 nitrogen and oxygen atoms in total. The maximum absolute atomic E-state index is 10.5. The third-order valence-electron chi connectivity index (χ3n) is 0.254. The molecule has 0 aliphatic carbocycles. The van der Waals surface area contributed by atoms with E-state index in [0.29, 0.717) is 0 Å². The Hall–Kier alpha value is -0.390. The fourth-order valence-corrected chi connectivity index (χ4v) is 0. The van der Waals surface area contributed by atoms with E-state index < -0.39 is 12.5 Å². The number of rotatable bonds is 1. The Labute approximate surface area is 41.3 Å².